The maximum absolute atomic E-state index is 6.06. The highest BCUT2D eigenvalue weighted by Gasteiger charge is 2.12. The molecular weight excluding hydrogens is 310 g/mol. The van der Waals surface area contributed by atoms with Crippen LogP contribution < -0.4 is 10.1 Å². The molecule has 0 aromatic heterocycles. The number of hydrogen-bond acceptors (Lipinski definition) is 3. The molecule has 0 aliphatic heterocycles. The molecule has 0 bridgehead atoms. The normalized spacial score (nSPS) is 13.6. The van der Waals surface area contributed by atoms with E-state index in [0.717, 1.165) is 29.3 Å². The van der Waals surface area contributed by atoms with Crippen LogP contribution in [0.4, 0.5) is 0 Å². The first-order chi connectivity index (χ1) is 11.1. The summed E-state index contributed by atoms with van der Waals surface area (Å²) in [4.78, 5) is 0. The van der Waals surface area contributed by atoms with Gasteiger partial charge in [-0.25, -0.2) is 0 Å². The number of halogens is 1. The summed E-state index contributed by atoms with van der Waals surface area (Å²) < 4.78 is 10.9. The second kappa shape index (κ2) is 8.92. The van der Waals surface area contributed by atoms with Gasteiger partial charge in [-0.15, -0.1) is 0 Å². The third kappa shape index (κ3) is 5.54. The number of hydrogen-bond donors (Lipinski definition) is 1. The Balaban J connectivity index is 1.90. The average molecular weight is 334 g/mol. The van der Waals surface area contributed by atoms with Gasteiger partial charge in [-0.1, -0.05) is 35.9 Å². The molecule has 2 rings (SSSR count). The van der Waals surface area contributed by atoms with Crippen molar-refractivity contribution in [1.82, 2.24) is 5.32 Å². The highest BCUT2D eigenvalue weighted by atomic mass is 35.5. The van der Waals surface area contributed by atoms with Gasteiger partial charge in [0.2, 0.25) is 0 Å². The lowest BCUT2D eigenvalue weighted by Gasteiger charge is -2.20. The van der Waals surface area contributed by atoms with E-state index < -0.39 is 0 Å². The molecule has 2 atom stereocenters. The molecule has 0 aliphatic rings. The molecule has 1 N–H and O–H groups in total. The van der Waals surface area contributed by atoms with Crippen LogP contribution in [0.1, 0.15) is 24.2 Å². The summed E-state index contributed by atoms with van der Waals surface area (Å²) in [5.41, 5.74) is 2.34. The van der Waals surface area contributed by atoms with Gasteiger partial charge in [0.05, 0.1) is 13.2 Å². The summed E-state index contributed by atoms with van der Waals surface area (Å²) >= 11 is 6.06. The van der Waals surface area contributed by atoms with Crippen molar-refractivity contribution in [3.8, 4) is 5.75 Å². The smallest absolute Gasteiger partial charge is 0.119 e. The van der Waals surface area contributed by atoms with E-state index in [4.69, 9.17) is 21.1 Å². The summed E-state index contributed by atoms with van der Waals surface area (Å²) in [5, 5.41) is 4.26. The monoisotopic (exact) mass is 333 g/mol. The molecule has 0 spiro atoms. The zero-order valence-corrected chi connectivity index (χ0v) is 14.6. The molecule has 2 aromatic rings. The molecule has 0 radical (unpaired) electrons. The highest BCUT2D eigenvalue weighted by Crippen LogP contribution is 2.20. The molecule has 2 unspecified atom stereocenters. The molecule has 3 nitrogen and oxygen atoms in total. The fourth-order valence-corrected chi connectivity index (χ4v) is 2.78. The maximum Gasteiger partial charge on any atom is 0.119 e. The molecule has 0 saturated heterocycles. The molecule has 0 fully saturated rings. The van der Waals surface area contributed by atoms with Crippen molar-refractivity contribution in [2.24, 2.45) is 0 Å². The van der Waals surface area contributed by atoms with Crippen molar-refractivity contribution >= 4 is 11.6 Å². The van der Waals surface area contributed by atoms with Gasteiger partial charge in [0.15, 0.2) is 0 Å². The van der Waals surface area contributed by atoms with Crippen LogP contribution in [0.25, 0.3) is 0 Å². The zero-order valence-electron chi connectivity index (χ0n) is 13.9. The minimum absolute atomic E-state index is 0.0125. The lowest BCUT2D eigenvalue weighted by Crippen LogP contribution is -2.32. The van der Waals surface area contributed by atoms with E-state index in [1.807, 2.05) is 36.4 Å². The molecule has 0 aliphatic carbocycles. The fraction of sp³-hybridized carbons (Fsp3) is 0.368. The minimum atomic E-state index is -0.0125. The summed E-state index contributed by atoms with van der Waals surface area (Å²) in [6.45, 7) is 2.91. The molecule has 4 heteroatoms. The van der Waals surface area contributed by atoms with Gasteiger partial charge in [0, 0.05) is 24.7 Å². The van der Waals surface area contributed by atoms with Crippen LogP contribution in [0.15, 0.2) is 48.5 Å². The minimum Gasteiger partial charge on any atom is -0.497 e. The van der Waals surface area contributed by atoms with E-state index in [1.165, 1.54) is 5.56 Å². The van der Waals surface area contributed by atoms with Crippen LogP contribution in [0.3, 0.4) is 0 Å². The number of benzene rings is 2. The summed E-state index contributed by atoms with van der Waals surface area (Å²) in [6, 6.07) is 16.3. The number of ether oxygens (including phenoxy) is 2. The Hall–Kier alpha value is -1.55. The number of rotatable bonds is 8. The van der Waals surface area contributed by atoms with Gasteiger partial charge >= 0.3 is 0 Å². The summed E-state index contributed by atoms with van der Waals surface area (Å²) in [5.74, 6) is 0.892. The van der Waals surface area contributed by atoms with E-state index in [0.29, 0.717) is 6.04 Å². The maximum atomic E-state index is 6.06. The second-order valence-corrected chi connectivity index (χ2v) is 6.08. The van der Waals surface area contributed by atoms with Crippen LogP contribution in [-0.4, -0.2) is 26.8 Å². The summed E-state index contributed by atoms with van der Waals surface area (Å²) in [7, 11) is 3.41. The van der Waals surface area contributed by atoms with E-state index >= 15 is 0 Å². The predicted molar refractivity (Wildman–Crippen MR) is 95.4 cm³/mol. The van der Waals surface area contributed by atoms with Crippen molar-refractivity contribution in [2.75, 3.05) is 20.8 Å². The first-order valence-electron chi connectivity index (χ1n) is 7.77. The van der Waals surface area contributed by atoms with Gasteiger partial charge < -0.3 is 14.8 Å². The average Bonchev–Trinajstić information content (AvgIpc) is 2.55. The van der Waals surface area contributed by atoms with Gasteiger partial charge in [-0.2, -0.15) is 0 Å². The number of nitrogens with one attached hydrogen (secondary N) is 1. The largest absolute Gasteiger partial charge is 0.497 e. The number of methoxy groups -OCH3 is 2. The molecular formula is C19H24ClNO2. The fourth-order valence-electron chi connectivity index (χ4n) is 2.58. The molecule has 0 amide bonds. The van der Waals surface area contributed by atoms with Gasteiger partial charge in [0.1, 0.15) is 5.75 Å². The van der Waals surface area contributed by atoms with Crippen molar-refractivity contribution in [2.45, 2.75) is 25.5 Å². The predicted octanol–water partition coefficient (Wildman–Crippen LogP) is 4.26. The lowest BCUT2D eigenvalue weighted by atomic mass is 10.1. The molecule has 2 aromatic carbocycles. The topological polar surface area (TPSA) is 30.5 Å². The molecule has 0 saturated carbocycles. The lowest BCUT2D eigenvalue weighted by molar-refractivity contribution is 0.0999. The molecule has 0 heterocycles. The first kappa shape index (κ1) is 17.8. The SMILES string of the molecule is COc1cccc(CC(C)NCC(OC)c2cccc(Cl)c2)c1. The van der Waals surface area contributed by atoms with Gasteiger partial charge in [0.25, 0.3) is 0 Å². The van der Waals surface area contributed by atoms with Gasteiger partial charge in [-0.05, 0) is 48.7 Å². The third-order valence-corrected chi connectivity index (χ3v) is 4.07. The Bertz CT molecular complexity index is 618. The second-order valence-electron chi connectivity index (χ2n) is 5.64. The Labute approximate surface area is 143 Å². The van der Waals surface area contributed by atoms with Crippen LogP contribution in [0.5, 0.6) is 5.75 Å². The molecule has 124 valence electrons. The van der Waals surface area contributed by atoms with E-state index in [9.17, 15) is 0 Å². The van der Waals surface area contributed by atoms with Gasteiger partial charge in [-0.3, -0.25) is 0 Å². The van der Waals surface area contributed by atoms with Crippen molar-refractivity contribution < 1.29 is 9.47 Å². The van der Waals surface area contributed by atoms with E-state index in [-0.39, 0.29) is 6.10 Å². The standard InChI is InChI=1S/C19H24ClNO2/c1-14(10-15-6-4-9-18(11-15)22-2)21-13-19(23-3)16-7-5-8-17(20)12-16/h4-9,11-12,14,19,21H,10,13H2,1-3H3. The highest BCUT2D eigenvalue weighted by molar-refractivity contribution is 6.30. The Morgan fingerprint density at radius 2 is 1.87 bits per heavy atom. The van der Waals surface area contributed by atoms with Crippen LogP contribution in [-0.2, 0) is 11.2 Å². The van der Waals surface area contributed by atoms with Crippen LogP contribution in [0, 0.1) is 0 Å². The van der Waals surface area contributed by atoms with Crippen molar-refractivity contribution in [3.05, 3.63) is 64.7 Å². The Morgan fingerprint density at radius 1 is 1.09 bits per heavy atom. The third-order valence-electron chi connectivity index (χ3n) is 3.83. The first-order valence-corrected chi connectivity index (χ1v) is 8.14. The summed E-state index contributed by atoms with van der Waals surface area (Å²) in [6.07, 6.45) is 0.921. The quantitative estimate of drug-likeness (QED) is 0.783. The zero-order chi connectivity index (χ0) is 16.7. The Kier molecular flexibility index (Phi) is 6.90. The molecule has 23 heavy (non-hydrogen) atoms. The van der Waals surface area contributed by atoms with Crippen molar-refractivity contribution in [3.63, 3.8) is 0 Å². The van der Waals surface area contributed by atoms with Crippen molar-refractivity contribution in [1.29, 1.82) is 0 Å². The Morgan fingerprint density at radius 3 is 2.57 bits per heavy atom. The van der Waals surface area contributed by atoms with Crippen LogP contribution >= 0.6 is 11.6 Å². The van der Waals surface area contributed by atoms with E-state index in [1.54, 1.807) is 14.2 Å². The van der Waals surface area contributed by atoms with Crippen LogP contribution in [0.2, 0.25) is 5.02 Å². The van der Waals surface area contributed by atoms with E-state index in [2.05, 4.69) is 24.4 Å².